The van der Waals surface area contributed by atoms with Crippen molar-refractivity contribution in [1.82, 2.24) is 9.55 Å². The average molecular weight is 138 g/mol. The van der Waals surface area contributed by atoms with Crippen molar-refractivity contribution in [2.45, 2.75) is 13.0 Å². The van der Waals surface area contributed by atoms with E-state index in [1.54, 1.807) is 0 Å². The van der Waals surface area contributed by atoms with E-state index in [0.29, 0.717) is 6.04 Å². The average Bonchev–Trinajstić information content (AvgIpc) is 2.12. The molecule has 0 radical (unpaired) electrons. The summed E-state index contributed by atoms with van der Waals surface area (Å²) in [7, 11) is 0. The van der Waals surface area contributed by atoms with E-state index in [0.717, 1.165) is 13.2 Å². The smallest absolute Gasteiger partial charge is 0.0952 e. The first-order valence-corrected chi connectivity index (χ1v) is 3.44. The Morgan fingerprint density at radius 1 is 1.70 bits per heavy atom. The van der Waals surface area contributed by atoms with Crippen LogP contribution in [0.1, 0.15) is 11.7 Å². The second-order valence-corrected chi connectivity index (χ2v) is 2.63. The molecule has 2 rings (SSSR count). The molecule has 1 aromatic heterocycles. The van der Waals surface area contributed by atoms with Crippen molar-refractivity contribution in [2.24, 2.45) is 0 Å². The molecule has 0 aliphatic carbocycles. The highest BCUT2D eigenvalue weighted by Crippen LogP contribution is 2.17. The first-order chi connectivity index (χ1) is 4.88. The van der Waals surface area contributed by atoms with Gasteiger partial charge in [-0.3, -0.25) is 0 Å². The van der Waals surface area contributed by atoms with Gasteiger partial charge in [0.25, 0.3) is 0 Å². The molecule has 0 bridgehead atoms. The molecule has 0 spiro atoms. The number of hydrogen-bond donors (Lipinski definition) is 0. The number of nitrogens with zero attached hydrogens (tertiary/aromatic N) is 2. The number of aromatic nitrogens is 2. The van der Waals surface area contributed by atoms with Gasteiger partial charge in [-0.25, -0.2) is 4.98 Å². The van der Waals surface area contributed by atoms with Gasteiger partial charge in [-0.2, -0.15) is 0 Å². The highest BCUT2D eigenvalue weighted by Gasteiger charge is 2.20. The molecule has 1 aliphatic rings. The van der Waals surface area contributed by atoms with E-state index in [9.17, 15) is 0 Å². The molecule has 1 aromatic rings. The van der Waals surface area contributed by atoms with Crippen LogP contribution < -0.4 is 0 Å². The summed E-state index contributed by atoms with van der Waals surface area (Å²) in [6.45, 7) is 3.75. The minimum atomic E-state index is 0.544. The zero-order valence-corrected chi connectivity index (χ0v) is 5.95. The third kappa shape index (κ3) is 0.743. The number of hydrogen-bond acceptors (Lipinski definition) is 2. The van der Waals surface area contributed by atoms with Crippen LogP contribution in [0.25, 0.3) is 0 Å². The third-order valence-corrected chi connectivity index (χ3v) is 1.87. The Labute approximate surface area is 59.6 Å². The minimum Gasteiger partial charge on any atom is -0.377 e. The van der Waals surface area contributed by atoms with Crippen LogP contribution >= 0.6 is 0 Å². The topological polar surface area (TPSA) is 27.1 Å². The Bertz CT molecular complexity index is 227. The molecule has 0 saturated carbocycles. The van der Waals surface area contributed by atoms with Gasteiger partial charge in [0.05, 0.1) is 25.6 Å². The molecule has 1 fully saturated rings. The van der Waals surface area contributed by atoms with Gasteiger partial charge in [-0.15, -0.1) is 0 Å². The van der Waals surface area contributed by atoms with E-state index < -0.39 is 0 Å². The zero-order chi connectivity index (χ0) is 6.97. The fourth-order valence-corrected chi connectivity index (χ4v) is 1.14. The molecule has 3 heteroatoms. The van der Waals surface area contributed by atoms with Crippen molar-refractivity contribution in [3.63, 3.8) is 0 Å². The largest absolute Gasteiger partial charge is 0.377 e. The lowest BCUT2D eigenvalue weighted by atomic mass is 10.2. The van der Waals surface area contributed by atoms with Crippen LogP contribution in [0, 0.1) is 6.92 Å². The lowest BCUT2D eigenvalue weighted by Crippen LogP contribution is -2.30. The van der Waals surface area contributed by atoms with Crippen molar-refractivity contribution in [3.8, 4) is 0 Å². The van der Waals surface area contributed by atoms with E-state index in [4.69, 9.17) is 4.74 Å². The molecule has 10 heavy (non-hydrogen) atoms. The van der Waals surface area contributed by atoms with Crippen LogP contribution in [-0.2, 0) is 4.74 Å². The maximum Gasteiger partial charge on any atom is 0.0952 e. The Morgan fingerprint density at radius 3 is 2.90 bits per heavy atom. The monoisotopic (exact) mass is 138 g/mol. The molecule has 0 unspecified atom stereocenters. The first-order valence-electron chi connectivity index (χ1n) is 3.44. The van der Waals surface area contributed by atoms with E-state index in [2.05, 4.69) is 16.5 Å². The molecule has 1 saturated heterocycles. The number of rotatable bonds is 1. The SMILES string of the molecule is Cc1cncn1C1COC1. The summed E-state index contributed by atoms with van der Waals surface area (Å²) in [5.41, 5.74) is 1.22. The van der Waals surface area contributed by atoms with E-state index in [-0.39, 0.29) is 0 Å². The molecule has 1 aliphatic heterocycles. The maximum atomic E-state index is 5.07. The Hall–Kier alpha value is -0.830. The molecule has 0 N–H and O–H groups in total. The molecule has 2 heterocycles. The van der Waals surface area contributed by atoms with Gasteiger partial charge < -0.3 is 9.30 Å². The summed E-state index contributed by atoms with van der Waals surface area (Å²) in [5.74, 6) is 0. The van der Waals surface area contributed by atoms with E-state index in [1.807, 2.05) is 12.5 Å². The fraction of sp³-hybridized carbons (Fsp3) is 0.571. The van der Waals surface area contributed by atoms with Crippen LogP contribution in [0.2, 0.25) is 0 Å². The predicted octanol–water partition coefficient (Wildman–Crippen LogP) is 0.763. The summed E-state index contributed by atoms with van der Waals surface area (Å²) in [6.07, 6.45) is 3.74. The Balaban J connectivity index is 2.23. The van der Waals surface area contributed by atoms with Crippen LogP contribution in [0.4, 0.5) is 0 Å². The maximum absolute atomic E-state index is 5.07. The van der Waals surface area contributed by atoms with Gasteiger partial charge >= 0.3 is 0 Å². The molecule has 0 atom stereocenters. The van der Waals surface area contributed by atoms with Gasteiger partial charge in [-0.05, 0) is 6.92 Å². The van der Waals surface area contributed by atoms with Crippen LogP contribution in [0.3, 0.4) is 0 Å². The highest BCUT2D eigenvalue weighted by atomic mass is 16.5. The predicted molar refractivity (Wildman–Crippen MR) is 36.8 cm³/mol. The number of aryl methyl sites for hydroxylation is 1. The lowest BCUT2D eigenvalue weighted by molar-refractivity contribution is -0.0241. The lowest BCUT2D eigenvalue weighted by Gasteiger charge is -2.27. The molecule has 54 valence electrons. The van der Waals surface area contributed by atoms with Crippen molar-refractivity contribution in [1.29, 1.82) is 0 Å². The normalized spacial score (nSPS) is 18.9. The summed E-state index contributed by atoms with van der Waals surface area (Å²) in [6, 6.07) is 0.544. The first kappa shape index (κ1) is 5.92. The van der Waals surface area contributed by atoms with E-state index >= 15 is 0 Å². The Kier molecular flexibility index (Phi) is 1.24. The van der Waals surface area contributed by atoms with Crippen molar-refractivity contribution >= 4 is 0 Å². The Morgan fingerprint density at radius 2 is 2.50 bits per heavy atom. The summed E-state index contributed by atoms with van der Waals surface area (Å²) < 4.78 is 7.22. The van der Waals surface area contributed by atoms with E-state index in [1.165, 1.54) is 5.69 Å². The fourth-order valence-electron chi connectivity index (χ4n) is 1.14. The third-order valence-electron chi connectivity index (χ3n) is 1.87. The second-order valence-electron chi connectivity index (χ2n) is 2.63. The quantitative estimate of drug-likeness (QED) is 0.573. The molecular weight excluding hydrogens is 128 g/mol. The molecule has 0 amide bonds. The van der Waals surface area contributed by atoms with Gasteiger partial charge in [0.15, 0.2) is 0 Å². The van der Waals surface area contributed by atoms with Gasteiger partial charge in [0, 0.05) is 11.9 Å². The highest BCUT2D eigenvalue weighted by molar-refractivity contribution is 4.98. The van der Waals surface area contributed by atoms with Gasteiger partial charge in [0.2, 0.25) is 0 Å². The van der Waals surface area contributed by atoms with Crippen molar-refractivity contribution < 1.29 is 4.74 Å². The molecule has 0 aromatic carbocycles. The van der Waals surface area contributed by atoms with Crippen LogP contribution in [0.5, 0.6) is 0 Å². The molecular formula is C7H10N2O. The summed E-state index contributed by atoms with van der Waals surface area (Å²) >= 11 is 0. The standard InChI is InChI=1S/C7H10N2O/c1-6-2-8-5-9(6)7-3-10-4-7/h2,5,7H,3-4H2,1H3. The zero-order valence-electron chi connectivity index (χ0n) is 5.95. The number of imidazole rings is 1. The van der Waals surface area contributed by atoms with Crippen LogP contribution in [0.15, 0.2) is 12.5 Å². The number of ether oxygens (including phenoxy) is 1. The second kappa shape index (κ2) is 2.09. The van der Waals surface area contributed by atoms with Gasteiger partial charge in [0.1, 0.15) is 0 Å². The molecule has 3 nitrogen and oxygen atoms in total. The van der Waals surface area contributed by atoms with Crippen molar-refractivity contribution in [3.05, 3.63) is 18.2 Å². The minimum absolute atomic E-state index is 0.544. The van der Waals surface area contributed by atoms with Gasteiger partial charge in [-0.1, -0.05) is 0 Å². The van der Waals surface area contributed by atoms with Crippen LogP contribution in [-0.4, -0.2) is 22.8 Å². The van der Waals surface area contributed by atoms with Crippen molar-refractivity contribution in [2.75, 3.05) is 13.2 Å². The summed E-state index contributed by atoms with van der Waals surface area (Å²) in [5, 5.41) is 0. The summed E-state index contributed by atoms with van der Waals surface area (Å²) in [4.78, 5) is 4.03.